The number of carboxylic acid groups (broad SMARTS) is 1. The number of aliphatic carboxylic acids is 1. The summed E-state index contributed by atoms with van der Waals surface area (Å²) < 4.78 is 0. The Balaban J connectivity index is 1.12. The van der Waals surface area contributed by atoms with Gasteiger partial charge in [-0.1, -0.05) is 48.5 Å². The number of phenols is 1. The first kappa shape index (κ1) is 59.3. The first-order valence-electron chi connectivity index (χ1n) is 25.9. The molecule has 5 aromatic rings. The number of rotatable bonds is 30. The number of carbonyl (C=O) groups is 9. The Labute approximate surface area is 454 Å². The molecule has 1 aliphatic rings. The van der Waals surface area contributed by atoms with Gasteiger partial charge >= 0.3 is 5.97 Å². The lowest BCUT2D eigenvalue weighted by molar-refractivity contribution is -0.142. The number of benzene rings is 3. The molecule has 16 N–H and O–H groups in total. The van der Waals surface area contributed by atoms with Crippen molar-refractivity contribution in [3.8, 4) is 5.75 Å². The maximum absolute atomic E-state index is 14.4. The number of H-pyrrole nitrogens is 2. The van der Waals surface area contributed by atoms with Crippen molar-refractivity contribution in [3.05, 3.63) is 102 Å². The van der Waals surface area contributed by atoms with Crippen LogP contribution in [0, 0.1) is 0 Å². The largest absolute Gasteiger partial charge is 0.508 e. The quantitative estimate of drug-likeness (QED) is 0.0278. The molecule has 3 heterocycles. The van der Waals surface area contributed by atoms with Gasteiger partial charge in [0.2, 0.25) is 47.3 Å². The molecule has 1 fully saturated rings. The van der Waals surface area contributed by atoms with Crippen LogP contribution in [0.1, 0.15) is 68.1 Å². The molecular formula is C54H70N12O11S. The third-order valence-corrected chi connectivity index (χ3v) is 14.2. The van der Waals surface area contributed by atoms with Crippen molar-refractivity contribution in [1.82, 2.24) is 46.8 Å². The Hall–Kier alpha value is -7.96. The zero-order chi connectivity index (χ0) is 56.3. The first-order chi connectivity index (χ1) is 37.5. The molecule has 418 valence electrons. The van der Waals surface area contributed by atoms with Gasteiger partial charge < -0.3 is 74.2 Å². The number of nitrogens with zero attached hydrogens (tertiary/aromatic N) is 1. The van der Waals surface area contributed by atoms with Crippen LogP contribution in [-0.2, 0) is 62.4 Å². The highest BCUT2D eigenvalue weighted by molar-refractivity contribution is 7.98. The van der Waals surface area contributed by atoms with Gasteiger partial charge in [0.15, 0.2) is 0 Å². The van der Waals surface area contributed by atoms with Gasteiger partial charge in [0.1, 0.15) is 42.0 Å². The predicted octanol–water partition coefficient (Wildman–Crippen LogP) is 0.473. The van der Waals surface area contributed by atoms with Crippen molar-refractivity contribution >= 4 is 86.8 Å². The molecule has 8 amide bonds. The van der Waals surface area contributed by atoms with Gasteiger partial charge in [-0.05, 0) is 111 Å². The topological polar surface area (TPSA) is 379 Å². The monoisotopic (exact) mass is 1090 g/mol. The van der Waals surface area contributed by atoms with Crippen LogP contribution >= 0.6 is 11.8 Å². The van der Waals surface area contributed by atoms with Crippen LogP contribution in [0.3, 0.4) is 0 Å². The fraction of sp³-hybridized carbons (Fsp3) is 0.426. The smallest absolute Gasteiger partial charge is 0.326 e. The van der Waals surface area contributed by atoms with E-state index in [1.54, 1.807) is 24.7 Å². The van der Waals surface area contributed by atoms with Gasteiger partial charge in [0.25, 0.3) is 0 Å². The van der Waals surface area contributed by atoms with E-state index in [1.807, 2.05) is 42.5 Å². The minimum atomic E-state index is -1.50. The van der Waals surface area contributed by atoms with E-state index in [0.717, 1.165) is 27.4 Å². The number of aromatic amines is 2. The number of nitrogens with one attached hydrogen (secondary N) is 8. The molecule has 0 unspecified atom stereocenters. The molecule has 78 heavy (non-hydrogen) atoms. The van der Waals surface area contributed by atoms with E-state index in [0.29, 0.717) is 42.7 Å². The number of amides is 8. The third-order valence-electron chi connectivity index (χ3n) is 13.6. The first-order valence-corrected chi connectivity index (χ1v) is 27.3. The molecule has 24 heteroatoms. The second-order valence-electron chi connectivity index (χ2n) is 19.3. The number of phenolic OH excluding ortho intramolecular Hbond substituents is 1. The highest BCUT2D eigenvalue weighted by atomic mass is 32.2. The lowest BCUT2D eigenvalue weighted by Gasteiger charge is -2.28. The highest BCUT2D eigenvalue weighted by Crippen LogP contribution is 2.22. The Morgan fingerprint density at radius 1 is 0.679 bits per heavy atom. The number of likely N-dealkylation sites (tertiary alicyclic amines) is 1. The summed E-state index contributed by atoms with van der Waals surface area (Å²) in [5.74, 6) is -6.95. The summed E-state index contributed by atoms with van der Waals surface area (Å²) in [7, 11) is 0. The van der Waals surface area contributed by atoms with E-state index in [1.165, 1.54) is 40.9 Å². The van der Waals surface area contributed by atoms with Gasteiger partial charge in [0, 0.05) is 60.0 Å². The number of aromatic hydroxyl groups is 1. The SMILES string of the molecule is CSCC[C@H](NC(=O)[C@H](CCC(N)=O)NC(=O)[C@H](Cc1ccc(O)cc1)NC(=O)[C@@H]1CCCN1C(=O)CNC(=O)[C@H](CCCCN)NC(=O)[C@@H](N)Cc1c[nH]c2ccccc12)C(=O)N[C@@H](Cc1c[nH]c2ccccc12)C(=O)O. The van der Waals surface area contributed by atoms with Crippen LogP contribution in [0.4, 0.5) is 0 Å². The molecule has 0 aliphatic carbocycles. The summed E-state index contributed by atoms with van der Waals surface area (Å²) in [5.41, 5.74) is 21.1. The summed E-state index contributed by atoms with van der Waals surface area (Å²) in [6.07, 6.45) is 6.37. The van der Waals surface area contributed by atoms with Crippen molar-refractivity contribution < 1.29 is 53.4 Å². The van der Waals surface area contributed by atoms with E-state index in [4.69, 9.17) is 17.2 Å². The Kier molecular flexibility index (Phi) is 22.0. The molecule has 1 saturated heterocycles. The second kappa shape index (κ2) is 29.0. The van der Waals surface area contributed by atoms with Gasteiger partial charge in [-0.2, -0.15) is 11.8 Å². The molecule has 0 saturated carbocycles. The van der Waals surface area contributed by atoms with Gasteiger partial charge in [-0.25, -0.2) is 4.79 Å². The zero-order valence-corrected chi connectivity index (χ0v) is 44.2. The van der Waals surface area contributed by atoms with E-state index < -0.39 is 102 Å². The molecule has 6 rings (SSSR count). The summed E-state index contributed by atoms with van der Waals surface area (Å²) >= 11 is 1.37. The normalized spacial score (nSPS) is 15.5. The maximum Gasteiger partial charge on any atom is 0.326 e. The number of nitrogens with two attached hydrogens (primary N) is 3. The van der Waals surface area contributed by atoms with Crippen LogP contribution in [0.25, 0.3) is 21.8 Å². The number of carboxylic acids is 1. The number of primary amides is 1. The lowest BCUT2D eigenvalue weighted by atomic mass is 10.0. The minimum Gasteiger partial charge on any atom is -0.508 e. The number of carbonyl (C=O) groups excluding carboxylic acids is 8. The molecule has 2 aromatic heterocycles. The number of hydrogen-bond donors (Lipinski definition) is 13. The lowest BCUT2D eigenvalue weighted by Crippen LogP contribution is -2.59. The second-order valence-corrected chi connectivity index (χ2v) is 20.3. The van der Waals surface area contributed by atoms with Crippen molar-refractivity contribution in [2.75, 3.05) is 31.6 Å². The molecule has 0 spiro atoms. The molecule has 0 radical (unpaired) electrons. The molecule has 23 nitrogen and oxygen atoms in total. The van der Waals surface area contributed by atoms with Crippen LogP contribution in [0.15, 0.2) is 85.2 Å². The molecule has 3 aromatic carbocycles. The van der Waals surface area contributed by atoms with E-state index >= 15 is 0 Å². The maximum atomic E-state index is 14.4. The number of aromatic nitrogens is 2. The predicted molar refractivity (Wildman–Crippen MR) is 293 cm³/mol. The molecule has 7 atom stereocenters. The number of para-hydroxylation sites is 2. The van der Waals surface area contributed by atoms with E-state index in [9.17, 15) is 53.4 Å². The van der Waals surface area contributed by atoms with Crippen molar-refractivity contribution in [2.24, 2.45) is 17.2 Å². The number of thioether (sulfide) groups is 1. The molecule has 1 aliphatic heterocycles. The minimum absolute atomic E-state index is 0.0578. The van der Waals surface area contributed by atoms with Crippen LogP contribution in [0.5, 0.6) is 5.75 Å². The Morgan fingerprint density at radius 3 is 1.85 bits per heavy atom. The summed E-state index contributed by atoms with van der Waals surface area (Å²) in [5, 5.41) is 37.7. The fourth-order valence-electron chi connectivity index (χ4n) is 9.34. The number of fused-ring (bicyclic) bond motifs is 2. The van der Waals surface area contributed by atoms with E-state index in [-0.39, 0.29) is 63.7 Å². The number of hydrogen-bond acceptors (Lipinski definition) is 13. The Bertz CT molecular complexity index is 2910. The van der Waals surface area contributed by atoms with E-state index in [2.05, 4.69) is 41.9 Å². The average molecular weight is 1100 g/mol. The van der Waals surface area contributed by atoms with Gasteiger partial charge in [-0.15, -0.1) is 0 Å². The van der Waals surface area contributed by atoms with Gasteiger partial charge in [0.05, 0.1) is 12.6 Å². The van der Waals surface area contributed by atoms with Crippen molar-refractivity contribution in [1.29, 1.82) is 0 Å². The van der Waals surface area contributed by atoms with Gasteiger partial charge in [-0.3, -0.25) is 38.4 Å². The summed E-state index contributed by atoms with van der Waals surface area (Å²) in [4.78, 5) is 130. The summed E-state index contributed by atoms with van der Waals surface area (Å²) in [6.45, 7) is -0.0381. The Morgan fingerprint density at radius 2 is 1.24 bits per heavy atom. The van der Waals surface area contributed by atoms with Crippen molar-refractivity contribution in [2.45, 2.75) is 113 Å². The van der Waals surface area contributed by atoms with Crippen LogP contribution in [-0.4, -0.2) is 152 Å². The average Bonchev–Trinajstić information content (AvgIpc) is 4.24. The van der Waals surface area contributed by atoms with Crippen molar-refractivity contribution in [3.63, 3.8) is 0 Å². The molecular weight excluding hydrogens is 1020 g/mol. The van der Waals surface area contributed by atoms with Crippen LogP contribution < -0.4 is 49.1 Å². The van der Waals surface area contributed by atoms with Crippen LogP contribution in [0.2, 0.25) is 0 Å². The zero-order valence-electron chi connectivity index (χ0n) is 43.4. The fourth-order valence-corrected chi connectivity index (χ4v) is 9.81. The molecule has 0 bridgehead atoms. The third kappa shape index (κ3) is 16.8. The standard InChI is InChI=1S/C54H70N12O11S/c1-78-24-21-42(51(73)65-44(54(76)77)27-33-29-59-39-12-5-3-10-36(33)39)63-50(72)41(19-20-46(57)68)62-52(74)43(25-31-15-17-34(67)18-16-31)64-53(75)45-14-8-23-66(45)47(69)30-60-49(71)40(13-6-7-22-55)61-48(70)37(56)26-32-28-58-38-11-4-2-9-35(32)38/h2-5,9-12,15-18,28-29,37,40-45,58-59,67H,6-8,13-14,19-27,30,55-56H2,1H3,(H2,57,68)(H,60,71)(H,61,70)(H,62,74)(H,63,72)(H,64,75)(H,65,73)(H,76,77)/t37-,40-,41-,42-,43-,44-,45-/m0/s1. The summed E-state index contributed by atoms with van der Waals surface area (Å²) in [6, 6.07) is 11.9. The number of unbranched alkanes of at least 4 members (excludes halogenated alkanes) is 1. The highest BCUT2D eigenvalue weighted by Gasteiger charge is 2.38.